The number of aryl methyl sites for hydroxylation is 1. The van der Waals surface area contributed by atoms with Gasteiger partial charge in [-0.25, -0.2) is 0 Å². The average Bonchev–Trinajstić information content (AvgIpc) is 3.18. The summed E-state index contributed by atoms with van der Waals surface area (Å²) in [6.07, 6.45) is 6.47. The van der Waals surface area contributed by atoms with Gasteiger partial charge in [0.25, 0.3) is 0 Å². The standard InChI is InChI=1S/C15H21N5O/c1-18-9-12(8-16-18)15-7-14(21-17-15)11-19-5-6-20-4-2-3-13(20)10-19/h7-9,13H,2-6,10-11H2,1H3. The number of fused-ring (bicyclic) bond motifs is 1. The van der Waals surface area contributed by atoms with Gasteiger partial charge >= 0.3 is 0 Å². The molecule has 1 unspecified atom stereocenters. The quantitative estimate of drug-likeness (QED) is 0.853. The summed E-state index contributed by atoms with van der Waals surface area (Å²) < 4.78 is 7.28. The molecule has 0 aliphatic carbocycles. The molecule has 2 aromatic rings. The number of piperazine rings is 1. The van der Waals surface area contributed by atoms with Gasteiger partial charge in [0.1, 0.15) is 5.69 Å². The fraction of sp³-hybridized carbons (Fsp3) is 0.600. The molecule has 0 saturated carbocycles. The highest BCUT2D eigenvalue weighted by atomic mass is 16.5. The molecule has 4 rings (SSSR count). The molecule has 0 amide bonds. The molecule has 2 aliphatic rings. The SMILES string of the molecule is Cn1cc(-c2cc(CN3CCN4CCCC4C3)on2)cn1. The Morgan fingerprint density at radius 2 is 2.29 bits per heavy atom. The first kappa shape index (κ1) is 13.0. The molecule has 0 N–H and O–H groups in total. The van der Waals surface area contributed by atoms with Crippen LogP contribution in [0.15, 0.2) is 23.0 Å². The van der Waals surface area contributed by atoms with Crippen LogP contribution in [0.1, 0.15) is 18.6 Å². The van der Waals surface area contributed by atoms with E-state index in [0.717, 1.165) is 42.7 Å². The van der Waals surface area contributed by atoms with Crippen LogP contribution in [-0.2, 0) is 13.6 Å². The molecule has 4 heterocycles. The van der Waals surface area contributed by atoms with Crippen molar-refractivity contribution in [3.05, 3.63) is 24.2 Å². The van der Waals surface area contributed by atoms with Crippen molar-refractivity contribution >= 4 is 0 Å². The molecule has 0 bridgehead atoms. The largest absolute Gasteiger partial charge is 0.359 e. The lowest BCUT2D eigenvalue weighted by molar-refractivity contribution is 0.0922. The van der Waals surface area contributed by atoms with Gasteiger partial charge < -0.3 is 4.52 Å². The Balaban J connectivity index is 1.42. The average molecular weight is 287 g/mol. The summed E-state index contributed by atoms with van der Waals surface area (Å²) in [7, 11) is 1.91. The minimum atomic E-state index is 0.750. The normalized spacial score (nSPS) is 23.6. The van der Waals surface area contributed by atoms with Crippen LogP contribution >= 0.6 is 0 Å². The first-order chi connectivity index (χ1) is 10.3. The molecular weight excluding hydrogens is 266 g/mol. The maximum atomic E-state index is 5.50. The number of nitrogens with zero attached hydrogens (tertiary/aromatic N) is 5. The van der Waals surface area contributed by atoms with Gasteiger partial charge in [-0.2, -0.15) is 5.10 Å². The second-order valence-corrected chi connectivity index (χ2v) is 6.15. The molecule has 0 radical (unpaired) electrons. The van der Waals surface area contributed by atoms with Crippen LogP contribution in [0.3, 0.4) is 0 Å². The molecule has 112 valence electrons. The molecule has 21 heavy (non-hydrogen) atoms. The van der Waals surface area contributed by atoms with Gasteiger partial charge in [-0.15, -0.1) is 0 Å². The lowest BCUT2D eigenvalue weighted by atomic mass is 10.1. The summed E-state index contributed by atoms with van der Waals surface area (Å²) in [5.74, 6) is 0.945. The highest BCUT2D eigenvalue weighted by Crippen LogP contribution is 2.24. The van der Waals surface area contributed by atoms with Crippen LogP contribution in [0.4, 0.5) is 0 Å². The number of aromatic nitrogens is 3. The maximum absolute atomic E-state index is 5.50. The monoisotopic (exact) mass is 287 g/mol. The molecule has 6 heteroatoms. The van der Waals surface area contributed by atoms with Crippen LogP contribution in [0.2, 0.25) is 0 Å². The summed E-state index contributed by atoms with van der Waals surface area (Å²) in [5.41, 5.74) is 1.88. The number of hydrogen-bond donors (Lipinski definition) is 0. The minimum Gasteiger partial charge on any atom is -0.359 e. The van der Waals surface area contributed by atoms with Crippen LogP contribution in [0, 0.1) is 0 Å². The zero-order chi connectivity index (χ0) is 14.2. The van der Waals surface area contributed by atoms with E-state index in [1.807, 2.05) is 25.5 Å². The Bertz CT molecular complexity index is 619. The summed E-state index contributed by atoms with van der Waals surface area (Å²) >= 11 is 0. The van der Waals surface area contributed by atoms with Gasteiger partial charge in [-0.05, 0) is 19.4 Å². The van der Waals surface area contributed by atoms with Gasteiger partial charge in [-0.3, -0.25) is 14.5 Å². The topological polar surface area (TPSA) is 50.3 Å². The van der Waals surface area contributed by atoms with E-state index in [-0.39, 0.29) is 0 Å². The Morgan fingerprint density at radius 1 is 1.33 bits per heavy atom. The summed E-state index contributed by atoms with van der Waals surface area (Å²) in [6.45, 7) is 5.61. The van der Waals surface area contributed by atoms with Gasteiger partial charge in [-0.1, -0.05) is 5.16 Å². The van der Waals surface area contributed by atoms with Crippen LogP contribution in [0.25, 0.3) is 11.3 Å². The Morgan fingerprint density at radius 3 is 3.14 bits per heavy atom. The fourth-order valence-electron chi connectivity index (χ4n) is 3.50. The predicted molar refractivity (Wildman–Crippen MR) is 78.6 cm³/mol. The van der Waals surface area contributed by atoms with E-state index in [1.165, 1.54) is 25.9 Å². The van der Waals surface area contributed by atoms with Crippen molar-refractivity contribution in [2.45, 2.75) is 25.4 Å². The van der Waals surface area contributed by atoms with E-state index in [9.17, 15) is 0 Å². The molecule has 2 fully saturated rings. The first-order valence-electron chi connectivity index (χ1n) is 7.69. The lowest BCUT2D eigenvalue weighted by Crippen LogP contribution is -2.49. The Labute approximate surface area is 124 Å². The number of rotatable bonds is 3. The Kier molecular flexibility index (Phi) is 3.27. The van der Waals surface area contributed by atoms with Crippen molar-refractivity contribution in [1.29, 1.82) is 0 Å². The highest BCUT2D eigenvalue weighted by Gasteiger charge is 2.30. The first-order valence-corrected chi connectivity index (χ1v) is 7.69. The van der Waals surface area contributed by atoms with Crippen molar-refractivity contribution in [2.24, 2.45) is 7.05 Å². The predicted octanol–water partition coefficient (Wildman–Crippen LogP) is 1.36. The molecule has 2 aromatic heterocycles. The zero-order valence-electron chi connectivity index (χ0n) is 12.4. The van der Waals surface area contributed by atoms with Crippen molar-refractivity contribution < 1.29 is 4.52 Å². The van der Waals surface area contributed by atoms with Gasteiger partial charge in [0, 0.05) is 50.6 Å². The Hall–Kier alpha value is -1.66. The van der Waals surface area contributed by atoms with E-state index in [4.69, 9.17) is 4.52 Å². The van der Waals surface area contributed by atoms with Gasteiger partial charge in [0.05, 0.1) is 12.7 Å². The summed E-state index contributed by atoms with van der Waals surface area (Å²) in [6, 6.07) is 2.79. The maximum Gasteiger partial charge on any atom is 0.151 e. The molecule has 0 spiro atoms. The zero-order valence-corrected chi connectivity index (χ0v) is 12.4. The van der Waals surface area contributed by atoms with Crippen molar-refractivity contribution in [2.75, 3.05) is 26.2 Å². The van der Waals surface area contributed by atoms with E-state index >= 15 is 0 Å². The summed E-state index contributed by atoms with van der Waals surface area (Å²) in [4.78, 5) is 5.11. The second kappa shape index (κ2) is 5.27. The molecule has 2 saturated heterocycles. The molecule has 1 atom stereocenters. The van der Waals surface area contributed by atoms with Crippen molar-refractivity contribution in [1.82, 2.24) is 24.7 Å². The third kappa shape index (κ3) is 2.61. The molecule has 6 nitrogen and oxygen atoms in total. The second-order valence-electron chi connectivity index (χ2n) is 6.15. The van der Waals surface area contributed by atoms with Crippen LogP contribution in [-0.4, -0.2) is 57.0 Å². The third-order valence-corrected chi connectivity index (χ3v) is 4.61. The summed E-state index contributed by atoms with van der Waals surface area (Å²) in [5, 5.41) is 8.34. The molecule has 2 aliphatic heterocycles. The highest BCUT2D eigenvalue weighted by molar-refractivity contribution is 5.56. The van der Waals surface area contributed by atoms with E-state index in [0.29, 0.717) is 0 Å². The fourth-order valence-corrected chi connectivity index (χ4v) is 3.50. The minimum absolute atomic E-state index is 0.750. The van der Waals surface area contributed by atoms with Crippen LogP contribution < -0.4 is 0 Å². The van der Waals surface area contributed by atoms with E-state index in [1.54, 1.807) is 4.68 Å². The van der Waals surface area contributed by atoms with Gasteiger partial charge in [0.2, 0.25) is 0 Å². The molecule has 0 aromatic carbocycles. The van der Waals surface area contributed by atoms with Crippen molar-refractivity contribution in [3.63, 3.8) is 0 Å². The lowest BCUT2D eigenvalue weighted by Gasteiger charge is -2.36. The van der Waals surface area contributed by atoms with Crippen molar-refractivity contribution in [3.8, 4) is 11.3 Å². The smallest absolute Gasteiger partial charge is 0.151 e. The molecular formula is C15H21N5O. The number of hydrogen-bond acceptors (Lipinski definition) is 5. The van der Waals surface area contributed by atoms with E-state index < -0.39 is 0 Å². The van der Waals surface area contributed by atoms with Crippen LogP contribution in [0.5, 0.6) is 0 Å². The third-order valence-electron chi connectivity index (χ3n) is 4.61. The van der Waals surface area contributed by atoms with Gasteiger partial charge in [0.15, 0.2) is 5.76 Å². The van der Waals surface area contributed by atoms with E-state index in [2.05, 4.69) is 20.1 Å².